The van der Waals surface area contributed by atoms with Crippen LogP contribution in [0.3, 0.4) is 0 Å². The van der Waals surface area contributed by atoms with E-state index < -0.39 is 6.85 Å². The number of nitrogens with zero attached hydrogens (tertiary/aromatic N) is 4. The zero-order chi connectivity index (χ0) is 66.2. The van der Waals surface area contributed by atoms with E-state index >= 15 is 0 Å². The van der Waals surface area contributed by atoms with E-state index in [4.69, 9.17) is 21.8 Å². The largest absolute Gasteiger partial charge is 0.456 e. The van der Waals surface area contributed by atoms with Gasteiger partial charge in [-0.15, -0.1) is 0 Å². The van der Waals surface area contributed by atoms with Crippen molar-refractivity contribution in [2.24, 2.45) is 28.2 Å². The molecule has 0 bridgehead atoms. The summed E-state index contributed by atoms with van der Waals surface area (Å²) in [5.41, 5.74) is 20.7. The van der Waals surface area contributed by atoms with Gasteiger partial charge < -0.3 is 17.7 Å². The van der Waals surface area contributed by atoms with Crippen molar-refractivity contribution in [2.75, 3.05) is 0 Å². The van der Waals surface area contributed by atoms with Crippen molar-refractivity contribution in [1.29, 1.82) is 0 Å². The zero-order valence-electron chi connectivity index (χ0n) is 55.0. The summed E-state index contributed by atoms with van der Waals surface area (Å²) >= 11 is 0. The Balaban J connectivity index is 0.000000114. The van der Waals surface area contributed by atoms with Crippen LogP contribution in [0.2, 0.25) is 0 Å². The lowest BCUT2D eigenvalue weighted by Gasteiger charge is -2.06. The number of hydrogen-bond donors (Lipinski definition) is 0. The minimum Gasteiger partial charge on any atom is -0.456 e. The molecule has 0 saturated heterocycles. The predicted molar refractivity (Wildman–Crippen MR) is 354 cm³/mol. The summed E-state index contributed by atoms with van der Waals surface area (Å²) in [6, 6.07) is 56.1. The van der Waals surface area contributed by atoms with Gasteiger partial charge in [-0.25, -0.2) is 26.7 Å². The van der Waals surface area contributed by atoms with E-state index in [1.807, 2.05) is 86.4 Å². The average molecular weight is 1210 g/mol. The molecule has 0 aliphatic heterocycles. The average Bonchev–Trinajstić information content (AvgIpc) is 1.71. The Kier molecular flexibility index (Phi) is 14.5. The Bertz CT molecular complexity index is 5710. The Hall–Kier alpha value is -10.7. The van der Waals surface area contributed by atoms with E-state index in [0.717, 1.165) is 122 Å². The third kappa shape index (κ3) is 11.1. The lowest BCUT2D eigenvalue weighted by molar-refractivity contribution is -0.666. The van der Waals surface area contributed by atoms with Crippen molar-refractivity contribution in [1.82, 2.24) is 0 Å². The minimum atomic E-state index is -2.10. The first-order chi connectivity index (χ1) is 45.0. The molecule has 0 unspecified atom stereocenters. The first-order valence-corrected chi connectivity index (χ1v) is 29.8. The number of fused-ring (bicyclic) bond motifs is 12. The highest BCUT2D eigenvalue weighted by molar-refractivity contribution is 6.09. The van der Waals surface area contributed by atoms with E-state index in [2.05, 4.69) is 105 Å². The molecule has 16 aromatic rings. The fraction of sp³-hybridized carbons (Fsp3) is 0.139. The van der Waals surface area contributed by atoms with E-state index in [0.29, 0.717) is 33.5 Å². The third-order valence-electron chi connectivity index (χ3n) is 17.3. The maximum absolute atomic E-state index is 13.8. The van der Waals surface area contributed by atoms with Crippen LogP contribution >= 0.6 is 0 Å². The molecule has 0 spiro atoms. The van der Waals surface area contributed by atoms with Gasteiger partial charge in [0, 0.05) is 114 Å². The molecule has 0 N–H and O–H groups in total. The van der Waals surface area contributed by atoms with E-state index in [-0.39, 0.29) is 23.3 Å². The summed E-state index contributed by atoms with van der Waals surface area (Å²) in [4.78, 5) is 0. The van der Waals surface area contributed by atoms with E-state index in [9.17, 15) is 17.6 Å². The number of aromatic nitrogens is 4. The molecular weight excluding hydrogens is 1140 g/mol. The highest BCUT2D eigenvalue weighted by Crippen LogP contribution is 2.39. The van der Waals surface area contributed by atoms with Gasteiger partial charge in [-0.05, 0) is 179 Å². The summed E-state index contributed by atoms with van der Waals surface area (Å²) in [6.45, 7) is 9.99. The molecular formula is C79H66F4N4O4+4. The zero-order valence-corrected chi connectivity index (χ0v) is 52.0. The van der Waals surface area contributed by atoms with Crippen molar-refractivity contribution in [2.45, 2.75) is 48.4 Å². The van der Waals surface area contributed by atoms with Gasteiger partial charge in [0.25, 0.3) is 0 Å². The molecule has 12 heteroatoms. The minimum absolute atomic E-state index is 0.233. The number of furan rings is 4. The number of aryl methyl sites for hydroxylation is 10. The van der Waals surface area contributed by atoms with Crippen molar-refractivity contribution in [3.63, 3.8) is 0 Å². The third-order valence-corrected chi connectivity index (χ3v) is 17.3. The van der Waals surface area contributed by atoms with Gasteiger partial charge in [-0.1, -0.05) is 18.2 Å². The quantitative estimate of drug-likeness (QED) is 0.130. The van der Waals surface area contributed by atoms with E-state index in [1.54, 1.807) is 55.1 Å². The summed E-state index contributed by atoms with van der Waals surface area (Å²) in [7, 11) is 7.75. The van der Waals surface area contributed by atoms with Crippen molar-refractivity contribution in [3.8, 4) is 45.0 Å². The van der Waals surface area contributed by atoms with Crippen molar-refractivity contribution >= 4 is 87.8 Å². The normalized spacial score (nSPS) is 12.1. The SMILES string of the molecule is Cc1cc2c(cc1-c1ccc(F)c[n+]1C)oc1cc(F)ccc12.Cc1cc2c(cc1-c1cccc(C)[n+]1C)oc1cc(F)ccc12.Cc1cc2c(cc1-c1cccc[n+]1C)oc1c(C)c(F)ccc12.[2H]C([2H])([2H])c1ccc(-c2cc3oc4ccccc4c3cc2C)[n+](C)c1. The van der Waals surface area contributed by atoms with Crippen LogP contribution in [0.15, 0.2) is 218 Å². The molecule has 450 valence electrons. The summed E-state index contributed by atoms with van der Waals surface area (Å²) in [5, 5.41) is 8.01. The summed E-state index contributed by atoms with van der Waals surface area (Å²) < 4.78 is 108. The van der Waals surface area contributed by atoms with Crippen LogP contribution in [0.4, 0.5) is 17.6 Å². The van der Waals surface area contributed by atoms with Gasteiger partial charge >= 0.3 is 0 Å². The standard InChI is InChI=1S/2C20H17FNO.C20H18NO.C19H14F2NO/c1-12-9-17-15-8-7-14(21)10-19(15)23-20(17)11-16(12)18-6-4-5-13(2)22(18)3;1-12-10-16-14-7-8-17(21)13(2)20(14)23-19(16)11-15(12)18-6-4-5-9-22(18)3;1-13-8-9-18(21(3)12-13)16-11-20-17(10-14(16)2)15-6-4-5-7-19(15)22-20;1-11-7-16-14-5-3-12(20)8-18(14)23-19(16)9-15(11)17-6-4-13(21)10-22(17)2/h2*4-11H,1-3H3;4-12H,1-3H3;3-10H,1-2H3/q4*+1/i;;1D3;. The van der Waals surface area contributed by atoms with Gasteiger partial charge in [-0.3, -0.25) is 0 Å². The lowest BCUT2D eigenvalue weighted by Crippen LogP contribution is -2.34. The Labute approximate surface area is 527 Å². The topological polar surface area (TPSA) is 68.1 Å². The number of halogens is 4. The molecule has 8 nitrogen and oxygen atoms in total. The molecule has 0 amide bonds. The number of hydrogen-bond acceptors (Lipinski definition) is 4. The van der Waals surface area contributed by atoms with Crippen LogP contribution in [0.5, 0.6) is 0 Å². The van der Waals surface area contributed by atoms with Crippen LogP contribution in [0, 0.1) is 71.7 Å². The van der Waals surface area contributed by atoms with Crippen LogP contribution in [0.25, 0.3) is 133 Å². The summed E-state index contributed by atoms with van der Waals surface area (Å²) in [5.74, 6) is -1.12. The first-order valence-electron chi connectivity index (χ1n) is 31.3. The fourth-order valence-corrected chi connectivity index (χ4v) is 12.4. The molecule has 0 saturated carbocycles. The highest BCUT2D eigenvalue weighted by Gasteiger charge is 2.22. The maximum Gasteiger partial charge on any atom is 0.212 e. The molecule has 0 aliphatic rings. The van der Waals surface area contributed by atoms with Gasteiger partial charge in [0.15, 0.2) is 23.9 Å². The van der Waals surface area contributed by atoms with Gasteiger partial charge in [0.05, 0.1) is 22.3 Å². The maximum atomic E-state index is 13.8. The highest BCUT2D eigenvalue weighted by atomic mass is 19.1. The van der Waals surface area contributed by atoms with Gasteiger partial charge in [0.2, 0.25) is 29.0 Å². The Morgan fingerprint density at radius 2 is 0.780 bits per heavy atom. The second kappa shape index (κ2) is 23.7. The predicted octanol–water partition coefficient (Wildman–Crippen LogP) is 19.0. The van der Waals surface area contributed by atoms with Crippen molar-refractivity contribution < 1.29 is 57.6 Å². The molecule has 0 atom stereocenters. The van der Waals surface area contributed by atoms with E-state index in [1.165, 1.54) is 59.4 Å². The molecule has 16 rings (SSSR count). The molecule has 91 heavy (non-hydrogen) atoms. The number of benzene rings is 8. The van der Waals surface area contributed by atoms with Gasteiger partial charge in [-0.2, -0.15) is 9.13 Å². The molecule has 8 aromatic carbocycles. The van der Waals surface area contributed by atoms with Crippen LogP contribution in [-0.2, 0) is 28.2 Å². The fourth-order valence-electron chi connectivity index (χ4n) is 12.4. The molecule has 0 fully saturated rings. The molecule has 0 radical (unpaired) electrons. The Morgan fingerprint density at radius 3 is 1.33 bits per heavy atom. The number of para-hydroxylation sites is 1. The van der Waals surface area contributed by atoms with Crippen LogP contribution < -0.4 is 18.3 Å². The smallest absolute Gasteiger partial charge is 0.212 e. The van der Waals surface area contributed by atoms with Gasteiger partial charge in [0.1, 0.15) is 90.3 Å². The van der Waals surface area contributed by atoms with Crippen molar-refractivity contribution in [3.05, 3.63) is 263 Å². The monoisotopic (exact) mass is 1210 g/mol. The van der Waals surface area contributed by atoms with Crippen LogP contribution in [-0.4, -0.2) is 0 Å². The number of rotatable bonds is 4. The Morgan fingerprint density at radius 1 is 0.341 bits per heavy atom. The molecule has 0 aliphatic carbocycles. The second-order valence-corrected chi connectivity index (χ2v) is 23.5. The molecule has 8 heterocycles. The number of pyridine rings is 4. The van der Waals surface area contributed by atoms with Crippen LogP contribution in [0.1, 0.15) is 43.2 Å². The first kappa shape index (κ1) is 55.6. The summed E-state index contributed by atoms with van der Waals surface area (Å²) in [6.07, 6.45) is 5.13. The lowest BCUT2D eigenvalue weighted by atomic mass is 10.0. The second-order valence-electron chi connectivity index (χ2n) is 23.5. The molecule has 8 aromatic heterocycles.